The molecule has 1 aliphatic rings. The largest absolute Gasteiger partial charge is 0.356 e. The zero-order valence-corrected chi connectivity index (χ0v) is 11.4. The lowest BCUT2D eigenvalue weighted by Gasteiger charge is -2.27. The van der Waals surface area contributed by atoms with Gasteiger partial charge in [0.2, 0.25) is 0 Å². The number of nitrogens with zero attached hydrogens (tertiary/aromatic N) is 3. The summed E-state index contributed by atoms with van der Waals surface area (Å²) in [6.45, 7) is 2.16. The second-order valence-electron chi connectivity index (χ2n) is 4.77. The van der Waals surface area contributed by atoms with Gasteiger partial charge in [0.15, 0.2) is 0 Å². The number of hydrogen-bond acceptors (Lipinski definition) is 3. The summed E-state index contributed by atoms with van der Waals surface area (Å²) in [4.78, 5) is 10.8. The predicted octanol–water partition coefficient (Wildman–Crippen LogP) is 3.46. The predicted molar refractivity (Wildman–Crippen MR) is 71.7 cm³/mol. The second-order valence-corrected chi connectivity index (χ2v) is 5.12. The molecule has 0 bridgehead atoms. The lowest BCUT2D eigenvalue weighted by molar-refractivity contribution is 0.641. The summed E-state index contributed by atoms with van der Waals surface area (Å²) in [5, 5.41) is 0.613. The molecule has 1 aromatic heterocycles. The van der Waals surface area contributed by atoms with Gasteiger partial charge < -0.3 is 4.90 Å². The van der Waals surface area contributed by atoms with Crippen molar-refractivity contribution < 1.29 is 0 Å². The summed E-state index contributed by atoms with van der Waals surface area (Å²) < 4.78 is 0. The highest BCUT2D eigenvalue weighted by molar-refractivity contribution is 6.30. The molecule has 4 heteroatoms. The van der Waals surface area contributed by atoms with E-state index in [1.807, 2.05) is 0 Å². The van der Waals surface area contributed by atoms with Gasteiger partial charge in [-0.2, -0.15) is 0 Å². The van der Waals surface area contributed by atoms with Gasteiger partial charge in [-0.05, 0) is 19.3 Å². The Morgan fingerprint density at radius 1 is 1.35 bits per heavy atom. The van der Waals surface area contributed by atoms with E-state index in [-0.39, 0.29) is 0 Å². The molecular formula is C13H20ClN3. The molecule has 1 aromatic rings. The fourth-order valence-electron chi connectivity index (χ4n) is 2.62. The summed E-state index contributed by atoms with van der Waals surface area (Å²) in [6.07, 6.45) is 8.79. The van der Waals surface area contributed by atoms with Crippen molar-refractivity contribution in [3.63, 3.8) is 0 Å². The van der Waals surface area contributed by atoms with Crippen LogP contribution in [0.2, 0.25) is 5.15 Å². The highest BCUT2D eigenvalue weighted by Crippen LogP contribution is 2.30. The molecule has 0 spiro atoms. The van der Waals surface area contributed by atoms with Crippen LogP contribution < -0.4 is 4.90 Å². The third-order valence-electron chi connectivity index (χ3n) is 3.58. The molecule has 94 valence electrons. The molecule has 0 N–H and O–H groups in total. The van der Waals surface area contributed by atoms with Crippen LogP contribution in [0, 0.1) is 0 Å². The molecule has 0 aromatic carbocycles. The van der Waals surface area contributed by atoms with Crippen molar-refractivity contribution in [1.82, 2.24) is 9.97 Å². The minimum atomic E-state index is 0.613. The van der Waals surface area contributed by atoms with Crippen molar-refractivity contribution in [2.24, 2.45) is 0 Å². The van der Waals surface area contributed by atoms with Gasteiger partial charge in [0.1, 0.15) is 17.3 Å². The van der Waals surface area contributed by atoms with Crippen LogP contribution in [0.5, 0.6) is 0 Å². The lowest BCUT2D eigenvalue weighted by atomic mass is 10.1. The van der Waals surface area contributed by atoms with Crippen molar-refractivity contribution in [2.45, 2.75) is 51.5 Å². The Morgan fingerprint density at radius 2 is 2.06 bits per heavy atom. The minimum Gasteiger partial charge on any atom is -0.356 e. The van der Waals surface area contributed by atoms with E-state index in [1.165, 1.54) is 25.7 Å². The maximum Gasteiger partial charge on any atom is 0.137 e. The zero-order chi connectivity index (χ0) is 12.3. The SMILES string of the molecule is CCCc1c(Cl)ncnc1N(C)C1CCCC1. The van der Waals surface area contributed by atoms with Crippen LogP contribution in [0.15, 0.2) is 6.33 Å². The number of rotatable bonds is 4. The lowest BCUT2D eigenvalue weighted by Crippen LogP contribution is -2.30. The smallest absolute Gasteiger partial charge is 0.137 e. The van der Waals surface area contributed by atoms with Crippen LogP contribution >= 0.6 is 11.6 Å². The van der Waals surface area contributed by atoms with Crippen LogP contribution in [0.3, 0.4) is 0 Å². The first-order chi connectivity index (χ1) is 8.24. The van der Waals surface area contributed by atoms with E-state index in [9.17, 15) is 0 Å². The van der Waals surface area contributed by atoms with E-state index in [4.69, 9.17) is 11.6 Å². The van der Waals surface area contributed by atoms with Gasteiger partial charge in [0.05, 0.1) is 0 Å². The molecule has 1 fully saturated rings. The van der Waals surface area contributed by atoms with E-state index >= 15 is 0 Å². The van der Waals surface area contributed by atoms with Crippen molar-refractivity contribution in [2.75, 3.05) is 11.9 Å². The number of anilines is 1. The summed E-state index contributed by atoms with van der Waals surface area (Å²) in [5.74, 6) is 1.03. The summed E-state index contributed by atoms with van der Waals surface area (Å²) in [5.41, 5.74) is 1.10. The highest BCUT2D eigenvalue weighted by atomic mass is 35.5. The average Bonchev–Trinajstić information content (AvgIpc) is 2.85. The molecular weight excluding hydrogens is 234 g/mol. The molecule has 1 heterocycles. The topological polar surface area (TPSA) is 29.0 Å². The molecule has 0 atom stereocenters. The van der Waals surface area contributed by atoms with Gasteiger partial charge in [-0.15, -0.1) is 0 Å². The first-order valence-corrected chi connectivity index (χ1v) is 6.84. The quantitative estimate of drug-likeness (QED) is 0.770. The fourth-order valence-corrected chi connectivity index (χ4v) is 2.84. The van der Waals surface area contributed by atoms with Gasteiger partial charge in [0, 0.05) is 18.7 Å². The molecule has 0 saturated heterocycles. The Balaban J connectivity index is 2.26. The standard InChI is InChI=1S/C13H20ClN3/c1-3-6-11-12(14)15-9-16-13(11)17(2)10-7-4-5-8-10/h9-10H,3-8H2,1-2H3. The van der Waals surface area contributed by atoms with E-state index in [2.05, 4.69) is 28.8 Å². The highest BCUT2D eigenvalue weighted by Gasteiger charge is 2.23. The van der Waals surface area contributed by atoms with Gasteiger partial charge in [-0.25, -0.2) is 9.97 Å². The van der Waals surface area contributed by atoms with Crippen molar-refractivity contribution in [3.8, 4) is 0 Å². The Hall–Kier alpha value is -0.830. The fraction of sp³-hybridized carbons (Fsp3) is 0.692. The maximum atomic E-state index is 6.18. The Kier molecular flexibility index (Phi) is 4.21. The van der Waals surface area contributed by atoms with Crippen LogP contribution in [0.1, 0.15) is 44.6 Å². The summed E-state index contributed by atoms with van der Waals surface area (Å²) >= 11 is 6.18. The van der Waals surface area contributed by atoms with E-state index in [1.54, 1.807) is 6.33 Å². The molecule has 2 rings (SSSR count). The minimum absolute atomic E-state index is 0.613. The Morgan fingerprint density at radius 3 is 2.71 bits per heavy atom. The van der Waals surface area contributed by atoms with E-state index in [0.717, 1.165) is 24.2 Å². The van der Waals surface area contributed by atoms with E-state index < -0.39 is 0 Å². The third kappa shape index (κ3) is 2.71. The van der Waals surface area contributed by atoms with Crippen molar-refractivity contribution >= 4 is 17.4 Å². The van der Waals surface area contributed by atoms with Gasteiger partial charge in [-0.3, -0.25) is 0 Å². The summed E-state index contributed by atoms with van der Waals surface area (Å²) in [7, 11) is 2.13. The number of halogens is 1. The van der Waals surface area contributed by atoms with E-state index in [0.29, 0.717) is 11.2 Å². The van der Waals surface area contributed by atoms with Crippen molar-refractivity contribution in [3.05, 3.63) is 17.0 Å². The van der Waals surface area contributed by atoms with Crippen LogP contribution in [0.25, 0.3) is 0 Å². The van der Waals surface area contributed by atoms with Crippen LogP contribution in [0.4, 0.5) is 5.82 Å². The van der Waals surface area contributed by atoms with Crippen molar-refractivity contribution in [1.29, 1.82) is 0 Å². The normalized spacial score (nSPS) is 16.4. The molecule has 0 amide bonds. The third-order valence-corrected chi connectivity index (χ3v) is 3.90. The second kappa shape index (κ2) is 5.67. The summed E-state index contributed by atoms with van der Waals surface area (Å²) in [6, 6.07) is 0.622. The van der Waals surface area contributed by atoms with Gasteiger partial charge >= 0.3 is 0 Å². The Labute approximate surface area is 108 Å². The molecule has 0 radical (unpaired) electrons. The molecule has 17 heavy (non-hydrogen) atoms. The molecule has 1 saturated carbocycles. The zero-order valence-electron chi connectivity index (χ0n) is 10.6. The van der Waals surface area contributed by atoms with Crippen LogP contribution in [-0.2, 0) is 6.42 Å². The molecule has 3 nitrogen and oxygen atoms in total. The molecule has 0 unspecified atom stereocenters. The monoisotopic (exact) mass is 253 g/mol. The first-order valence-electron chi connectivity index (χ1n) is 6.46. The average molecular weight is 254 g/mol. The maximum absolute atomic E-state index is 6.18. The number of aromatic nitrogens is 2. The first kappa shape index (κ1) is 12.6. The molecule has 1 aliphatic carbocycles. The Bertz CT molecular complexity index is 375. The number of hydrogen-bond donors (Lipinski definition) is 0. The van der Waals surface area contributed by atoms with Gasteiger partial charge in [0.25, 0.3) is 0 Å². The van der Waals surface area contributed by atoms with Gasteiger partial charge in [-0.1, -0.05) is 37.8 Å². The van der Waals surface area contributed by atoms with Crippen LogP contribution in [-0.4, -0.2) is 23.1 Å². The molecule has 0 aliphatic heterocycles.